The molecule has 7 nitrogen and oxygen atoms in total. The Hall–Kier alpha value is -3.06. The summed E-state index contributed by atoms with van der Waals surface area (Å²) in [6, 6.07) is 13.9. The highest BCUT2D eigenvalue weighted by atomic mass is 35.5. The Labute approximate surface area is 186 Å². The smallest absolute Gasteiger partial charge is 0.350 e. The highest BCUT2D eigenvalue weighted by molar-refractivity contribution is 6.30. The van der Waals surface area contributed by atoms with E-state index in [4.69, 9.17) is 25.8 Å². The number of nitrogens with one attached hydrogen (secondary N) is 1. The Kier molecular flexibility index (Phi) is 8.88. The minimum atomic E-state index is -1.20. The molecule has 2 aromatic rings. The molecule has 0 aliphatic rings. The molecule has 2 aromatic carbocycles. The van der Waals surface area contributed by atoms with Crippen molar-refractivity contribution in [2.75, 3.05) is 19.8 Å². The van der Waals surface area contributed by atoms with E-state index in [-0.39, 0.29) is 19.1 Å². The van der Waals surface area contributed by atoms with Crippen LogP contribution in [0.3, 0.4) is 0 Å². The van der Waals surface area contributed by atoms with Crippen molar-refractivity contribution in [3.05, 3.63) is 64.7 Å². The lowest BCUT2D eigenvalue weighted by atomic mass is 10.1. The van der Waals surface area contributed by atoms with Gasteiger partial charge in [0.15, 0.2) is 5.60 Å². The number of carbonyl (C=O) groups excluding carboxylic acids is 3. The van der Waals surface area contributed by atoms with Crippen molar-refractivity contribution in [2.24, 2.45) is 0 Å². The largest absolute Gasteiger partial charge is 0.476 e. The van der Waals surface area contributed by atoms with Crippen LogP contribution in [0.2, 0.25) is 5.02 Å². The SMILES string of the molecule is CC(=O)OCCOC(=O)C(C)(C)Oc1ccc(CCNC(=O)c2ccc(Cl)cc2)cc1. The summed E-state index contributed by atoms with van der Waals surface area (Å²) in [5, 5.41) is 3.44. The molecule has 166 valence electrons. The van der Waals surface area contributed by atoms with E-state index in [9.17, 15) is 14.4 Å². The molecule has 0 spiro atoms. The first-order valence-corrected chi connectivity index (χ1v) is 10.2. The summed E-state index contributed by atoms with van der Waals surface area (Å²) < 4.78 is 15.6. The monoisotopic (exact) mass is 447 g/mol. The van der Waals surface area contributed by atoms with Gasteiger partial charge in [0.1, 0.15) is 19.0 Å². The maximum atomic E-state index is 12.2. The first-order chi connectivity index (χ1) is 14.7. The predicted molar refractivity (Wildman–Crippen MR) is 116 cm³/mol. The molecule has 0 heterocycles. The van der Waals surface area contributed by atoms with Gasteiger partial charge in [-0.25, -0.2) is 4.79 Å². The van der Waals surface area contributed by atoms with E-state index in [0.29, 0.717) is 29.3 Å². The Morgan fingerprint density at radius 3 is 2.16 bits per heavy atom. The Morgan fingerprint density at radius 1 is 0.935 bits per heavy atom. The van der Waals surface area contributed by atoms with Crippen LogP contribution in [0.15, 0.2) is 48.5 Å². The van der Waals surface area contributed by atoms with Gasteiger partial charge in [0.25, 0.3) is 5.91 Å². The molecular formula is C23H26ClNO6. The van der Waals surface area contributed by atoms with Crippen molar-refractivity contribution in [2.45, 2.75) is 32.8 Å². The van der Waals surface area contributed by atoms with Crippen LogP contribution in [0.25, 0.3) is 0 Å². The zero-order valence-corrected chi connectivity index (χ0v) is 18.5. The molecular weight excluding hydrogens is 422 g/mol. The summed E-state index contributed by atoms with van der Waals surface area (Å²) in [4.78, 5) is 35.0. The molecule has 0 fully saturated rings. The molecule has 0 saturated heterocycles. The van der Waals surface area contributed by atoms with E-state index >= 15 is 0 Å². The third-order valence-corrected chi connectivity index (χ3v) is 4.47. The van der Waals surface area contributed by atoms with Gasteiger partial charge in [-0.2, -0.15) is 0 Å². The molecule has 0 radical (unpaired) electrons. The Bertz CT molecular complexity index is 893. The lowest BCUT2D eigenvalue weighted by Crippen LogP contribution is -2.40. The van der Waals surface area contributed by atoms with Crippen LogP contribution in [-0.2, 0) is 25.5 Å². The van der Waals surface area contributed by atoms with Gasteiger partial charge in [0.05, 0.1) is 0 Å². The van der Waals surface area contributed by atoms with Crippen LogP contribution in [0.1, 0.15) is 36.7 Å². The molecule has 0 unspecified atom stereocenters. The number of rotatable bonds is 10. The lowest BCUT2D eigenvalue weighted by molar-refractivity contribution is -0.162. The van der Waals surface area contributed by atoms with Crippen molar-refractivity contribution >= 4 is 29.4 Å². The second kappa shape index (κ2) is 11.4. The summed E-state index contributed by atoms with van der Waals surface area (Å²) in [5.41, 5.74) is 0.352. The molecule has 0 aliphatic carbocycles. The molecule has 1 N–H and O–H groups in total. The lowest BCUT2D eigenvalue weighted by Gasteiger charge is -2.24. The maximum Gasteiger partial charge on any atom is 0.350 e. The number of amides is 1. The van der Waals surface area contributed by atoms with Crippen molar-refractivity contribution in [3.63, 3.8) is 0 Å². The second-order valence-electron chi connectivity index (χ2n) is 7.25. The van der Waals surface area contributed by atoms with Crippen molar-refractivity contribution in [1.82, 2.24) is 5.32 Å². The Morgan fingerprint density at radius 2 is 1.55 bits per heavy atom. The summed E-state index contributed by atoms with van der Waals surface area (Å²) in [7, 11) is 0. The first kappa shape index (κ1) is 24.2. The highest BCUT2D eigenvalue weighted by Crippen LogP contribution is 2.20. The van der Waals surface area contributed by atoms with Crippen LogP contribution in [0.5, 0.6) is 5.75 Å². The molecule has 0 aromatic heterocycles. The third kappa shape index (κ3) is 8.30. The van der Waals surface area contributed by atoms with Crippen LogP contribution < -0.4 is 10.1 Å². The van der Waals surface area contributed by atoms with Crippen molar-refractivity contribution in [3.8, 4) is 5.75 Å². The van der Waals surface area contributed by atoms with Crippen molar-refractivity contribution in [1.29, 1.82) is 0 Å². The minimum Gasteiger partial charge on any atom is -0.476 e. The van der Waals surface area contributed by atoms with Gasteiger partial charge in [-0.15, -0.1) is 0 Å². The summed E-state index contributed by atoms with van der Waals surface area (Å²) in [5.74, 6) is -0.647. The maximum absolute atomic E-state index is 12.2. The van der Waals surface area contributed by atoms with Gasteiger partial charge in [-0.1, -0.05) is 23.7 Å². The van der Waals surface area contributed by atoms with Gasteiger partial charge in [0, 0.05) is 24.1 Å². The second-order valence-corrected chi connectivity index (χ2v) is 7.68. The quantitative estimate of drug-likeness (QED) is 0.442. The average molecular weight is 448 g/mol. The van der Waals surface area contributed by atoms with Crippen LogP contribution in [0, 0.1) is 0 Å². The first-order valence-electron chi connectivity index (χ1n) is 9.80. The van der Waals surface area contributed by atoms with Crippen LogP contribution >= 0.6 is 11.6 Å². The van der Waals surface area contributed by atoms with E-state index in [1.54, 1.807) is 50.2 Å². The van der Waals surface area contributed by atoms with Gasteiger partial charge in [-0.05, 0) is 62.2 Å². The number of halogens is 1. The highest BCUT2D eigenvalue weighted by Gasteiger charge is 2.31. The summed E-state index contributed by atoms with van der Waals surface area (Å²) in [6.07, 6.45) is 0.640. The predicted octanol–water partition coefficient (Wildman–Crippen LogP) is 3.58. The van der Waals surface area contributed by atoms with Crippen LogP contribution in [-0.4, -0.2) is 43.2 Å². The van der Waals surface area contributed by atoms with Gasteiger partial charge in [0.2, 0.25) is 0 Å². The van der Waals surface area contributed by atoms with Crippen molar-refractivity contribution < 1.29 is 28.6 Å². The Balaban J connectivity index is 1.78. The fourth-order valence-corrected chi connectivity index (χ4v) is 2.70. The summed E-state index contributed by atoms with van der Waals surface area (Å²) >= 11 is 5.83. The molecule has 1 amide bonds. The fourth-order valence-electron chi connectivity index (χ4n) is 2.58. The zero-order chi connectivity index (χ0) is 22.9. The van der Waals surface area contributed by atoms with Gasteiger partial charge in [-0.3, -0.25) is 9.59 Å². The van der Waals surface area contributed by atoms with Gasteiger partial charge >= 0.3 is 11.9 Å². The molecule has 2 rings (SSSR count). The number of hydrogen-bond donors (Lipinski definition) is 1. The number of carbonyl (C=O) groups is 3. The van der Waals surface area contributed by atoms with Gasteiger partial charge < -0.3 is 19.5 Å². The fraction of sp³-hybridized carbons (Fsp3) is 0.348. The zero-order valence-electron chi connectivity index (χ0n) is 17.8. The molecule has 0 saturated carbocycles. The topological polar surface area (TPSA) is 90.9 Å². The summed E-state index contributed by atoms with van der Waals surface area (Å²) in [6.45, 7) is 4.92. The van der Waals surface area contributed by atoms with E-state index in [0.717, 1.165) is 5.56 Å². The molecule has 0 bridgehead atoms. The number of esters is 2. The normalized spacial score (nSPS) is 10.8. The number of ether oxygens (including phenoxy) is 3. The number of benzene rings is 2. The number of hydrogen-bond acceptors (Lipinski definition) is 6. The minimum absolute atomic E-state index is 0.000404. The third-order valence-electron chi connectivity index (χ3n) is 4.22. The molecule has 0 aliphatic heterocycles. The van der Waals surface area contributed by atoms with E-state index in [2.05, 4.69) is 5.32 Å². The molecule has 31 heavy (non-hydrogen) atoms. The average Bonchev–Trinajstić information content (AvgIpc) is 2.72. The standard InChI is InChI=1S/C23H26ClNO6/c1-16(26)29-14-15-30-22(28)23(2,3)31-20-10-4-17(5-11-20)12-13-25-21(27)18-6-8-19(24)9-7-18/h4-11H,12-15H2,1-3H3,(H,25,27). The van der Waals surface area contributed by atoms with E-state index in [1.165, 1.54) is 6.92 Å². The van der Waals surface area contributed by atoms with E-state index in [1.807, 2.05) is 12.1 Å². The van der Waals surface area contributed by atoms with E-state index < -0.39 is 17.5 Å². The molecule has 0 atom stereocenters. The van der Waals surface area contributed by atoms with Crippen LogP contribution in [0.4, 0.5) is 0 Å². The molecule has 8 heteroatoms.